The molecule has 0 aliphatic carbocycles. The van der Waals surface area contributed by atoms with Gasteiger partial charge in [-0.05, 0) is 38.9 Å². The van der Waals surface area contributed by atoms with Crippen LogP contribution in [0.4, 0.5) is 0 Å². The largest absolute Gasteiger partial charge is 0.504 e. The van der Waals surface area contributed by atoms with Gasteiger partial charge in [-0.15, -0.1) is 0 Å². The van der Waals surface area contributed by atoms with Crippen molar-refractivity contribution >= 4 is 26.1 Å². The van der Waals surface area contributed by atoms with Gasteiger partial charge in [-0.1, -0.05) is 13.8 Å². The quantitative estimate of drug-likeness (QED) is 0.456. The second-order valence-electron chi connectivity index (χ2n) is 4.58. The zero-order chi connectivity index (χ0) is 14.9. The molecule has 6 heteroatoms. The summed E-state index contributed by atoms with van der Waals surface area (Å²) in [6.07, 6.45) is -0.0335. The van der Waals surface area contributed by atoms with Crippen molar-refractivity contribution < 1.29 is 18.0 Å². The number of hydrogen-bond donors (Lipinski definition) is 0. The molecule has 0 aromatic heterocycles. The summed E-state index contributed by atoms with van der Waals surface area (Å²) in [7, 11) is -2.67. The van der Waals surface area contributed by atoms with Gasteiger partial charge in [0.15, 0.2) is 5.05 Å². The summed E-state index contributed by atoms with van der Waals surface area (Å²) in [6.45, 7) is 13.6. The van der Waals surface area contributed by atoms with E-state index in [0.29, 0.717) is 36.8 Å². The lowest BCUT2D eigenvalue weighted by Crippen LogP contribution is -2.49. The van der Waals surface area contributed by atoms with Gasteiger partial charge in [-0.3, -0.25) is 0 Å². The molecule has 0 rings (SSSR count). The zero-order valence-corrected chi connectivity index (χ0v) is 14.8. The van der Waals surface area contributed by atoms with Gasteiger partial charge in [0.05, 0.1) is 6.04 Å². The summed E-state index contributed by atoms with van der Waals surface area (Å²) < 4.78 is 23.3. The van der Waals surface area contributed by atoms with E-state index in [9.17, 15) is 0 Å². The van der Waals surface area contributed by atoms with Crippen LogP contribution in [-0.2, 0) is 18.0 Å². The maximum atomic E-state index is 5.84. The molecule has 0 saturated carbocycles. The summed E-state index contributed by atoms with van der Waals surface area (Å²) in [5.41, 5.74) is 0. The highest BCUT2D eigenvalue weighted by molar-refractivity contribution is 7.80. The van der Waals surface area contributed by atoms with E-state index in [2.05, 4.69) is 13.8 Å². The van der Waals surface area contributed by atoms with E-state index in [1.54, 1.807) is 6.92 Å². The van der Waals surface area contributed by atoms with E-state index in [0.717, 1.165) is 0 Å². The monoisotopic (exact) mass is 308 g/mol. The standard InChI is InChI=1S/C13H28O4SSi/c1-7-14-19(15-8-2,16-9-3)10-13(11(4)5)17-12(6)18/h11,13H,7-10H2,1-6H3. The van der Waals surface area contributed by atoms with E-state index in [1.165, 1.54) is 0 Å². The summed E-state index contributed by atoms with van der Waals surface area (Å²) in [4.78, 5) is 0. The molecule has 0 amide bonds. The molecule has 0 saturated heterocycles. The first-order valence-electron chi connectivity index (χ1n) is 6.99. The summed E-state index contributed by atoms with van der Waals surface area (Å²) >= 11 is 5.04. The number of ether oxygens (including phenoxy) is 1. The average molecular weight is 309 g/mol. The van der Waals surface area contributed by atoms with E-state index in [4.69, 9.17) is 30.2 Å². The number of rotatable bonds is 10. The molecule has 0 aromatic rings. The van der Waals surface area contributed by atoms with E-state index in [1.807, 2.05) is 20.8 Å². The van der Waals surface area contributed by atoms with Crippen molar-refractivity contribution in [3.8, 4) is 0 Å². The van der Waals surface area contributed by atoms with Crippen LogP contribution < -0.4 is 0 Å². The van der Waals surface area contributed by atoms with Crippen LogP contribution in [-0.4, -0.2) is 39.8 Å². The molecule has 0 spiro atoms. The highest BCUT2D eigenvalue weighted by atomic mass is 32.1. The molecule has 0 N–H and O–H groups in total. The van der Waals surface area contributed by atoms with Crippen molar-refractivity contribution in [3.63, 3.8) is 0 Å². The first-order chi connectivity index (χ1) is 8.90. The molecule has 0 aliphatic heterocycles. The Balaban J connectivity index is 4.94. The molecule has 0 fully saturated rings. The van der Waals surface area contributed by atoms with Gasteiger partial charge in [-0.2, -0.15) is 0 Å². The van der Waals surface area contributed by atoms with Crippen molar-refractivity contribution in [3.05, 3.63) is 0 Å². The summed E-state index contributed by atoms with van der Waals surface area (Å²) in [5.74, 6) is 0.325. The van der Waals surface area contributed by atoms with Crippen molar-refractivity contribution in [1.82, 2.24) is 0 Å². The van der Waals surface area contributed by atoms with Gasteiger partial charge >= 0.3 is 8.80 Å². The van der Waals surface area contributed by atoms with Gasteiger partial charge in [0.25, 0.3) is 0 Å². The molecule has 0 bridgehead atoms. The van der Waals surface area contributed by atoms with Crippen LogP contribution in [0.15, 0.2) is 0 Å². The lowest BCUT2D eigenvalue weighted by molar-refractivity contribution is 0.0510. The molecule has 1 unspecified atom stereocenters. The first-order valence-corrected chi connectivity index (χ1v) is 9.33. The Kier molecular flexibility index (Phi) is 9.82. The Hall–Kier alpha value is -0.0131. The van der Waals surface area contributed by atoms with Crippen molar-refractivity contribution in [2.75, 3.05) is 19.8 Å². The zero-order valence-electron chi connectivity index (χ0n) is 13.0. The molecule has 1 atom stereocenters. The summed E-state index contributed by atoms with van der Waals surface area (Å²) in [5, 5.41) is 0.547. The fraction of sp³-hybridized carbons (Fsp3) is 0.923. The minimum atomic E-state index is -2.67. The smallest absolute Gasteiger partial charge is 0.484 e. The maximum Gasteiger partial charge on any atom is 0.504 e. The minimum Gasteiger partial charge on any atom is -0.484 e. The number of hydrogen-bond acceptors (Lipinski definition) is 5. The van der Waals surface area contributed by atoms with E-state index < -0.39 is 8.80 Å². The Morgan fingerprint density at radius 1 is 1.00 bits per heavy atom. The second kappa shape index (κ2) is 9.82. The van der Waals surface area contributed by atoms with Crippen LogP contribution in [0.1, 0.15) is 41.5 Å². The Morgan fingerprint density at radius 3 is 1.68 bits per heavy atom. The fourth-order valence-corrected chi connectivity index (χ4v) is 4.93. The van der Waals surface area contributed by atoms with E-state index in [-0.39, 0.29) is 6.10 Å². The van der Waals surface area contributed by atoms with E-state index >= 15 is 0 Å². The van der Waals surface area contributed by atoms with Crippen molar-refractivity contribution in [1.29, 1.82) is 0 Å². The normalized spacial score (nSPS) is 13.6. The lowest BCUT2D eigenvalue weighted by atomic mass is 10.1. The van der Waals surface area contributed by atoms with Crippen molar-refractivity contribution in [2.24, 2.45) is 5.92 Å². The molecular weight excluding hydrogens is 280 g/mol. The Bertz CT molecular complexity index is 244. The molecule has 114 valence electrons. The van der Waals surface area contributed by atoms with Crippen LogP contribution in [0.5, 0.6) is 0 Å². The topological polar surface area (TPSA) is 36.9 Å². The van der Waals surface area contributed by atoms with Gasteiger partial charge in [0.2, 0.25) is 0 Å². The molecular formula is C13H28O4SSi. The minimum absolute atomic E-state index is 0.0335. The SMILES string of the molecule is CCO[Si](CC(OC(C)=S)C(C)C)(OCC)OCC. The molecule has 4 nitrogen and oxygen atoms in total. The highest BCUT2D eigenvalue weighted by Crippen LogP contribution is 2.24. The van der Waals surface area contributed by atoms with Crippen LogP contribution >= 0.6 is 12.2 Å². The third-order valence-electron chi connectivity index (χ3n) is 2.60. The first kappa shape index (κ1) is 19.0. The third-order valence-corrected chi connectivity index (χ3v) is 5.79. The third kappa shape index (κ3) is 7.36. The summed E-state index contributed by atoms with van der Waals surface area (Å²) in [6, 6.07) is 0.633. The maximum absolute atomic E-state index is 5.84. The lowest BCUT2D eigenvalue weighted by Gasteiger charge is -2.33. The van der Waals surface area contributed by atoms with Gasteiger partial charge in [0, 0.05) is 26.7 Å². The number of thiocarbonyl (C=S) groups is 1. The molecule has 0 heterocycles. The van der Waals surface area contributed by atoms with Crippen LogP contribution in [0.25, 0.3) is 0 Å². The Morgan fingerprint density at radius 2 is 1.42 bits per heavy atom. The predicted molar refractivity (Wildman–Crippen MR) is 83.4 cm³/mol. The van der Waals surface area contributed by atoms with Crippen LogP contribution in [0.2, 0.25) is 6.04 Å². The fourth-order valence-electron chi connectivity index (χ4n) is 1.83. The van der Waals surface area contributed by atoms with Crippen LogP contribution in [0, 0.1) is 5.92 Å². The van der Waals surface area contributed by atoms with Crippen molar-refractivity contribution in [2.45, 2.75) is 53.7 Å². The Labute approximate surface area is 124 Å². The molecule has 0 aliphatic rings. The second-order valence-corrected chi connectivity index (χ2v) is 7.79. The highest BCUT2D eigenvalue weighted by Gasteiger charge is 2.44. The van der Waals surface area contributed by atoms with Crippen LogP contribution in [0.3, 0.4) is 0 Å². The molecule has 19 heavy (non-hydrogen) atoms. The van der Waals surface area contributed by atoms with Gasteiger partial charge in [0.1, 0.15) is 6.10 Å². The molecule has 0 aromatic carbocycles. The van der Waals surface area contributed by atoms with Gasteiger partial charge in [-0.25, -0.2) is 0 Å². The van der Waals surface area contributed by atoms with Gasteiger partial charge < -0.3 is 18.0 Å². The predicted octanol–water partition coefficient (Wildman–Crippen LogP) is 3.42. The molecule has 0 radical (unpaired) electrons. The average Bonchev–Trinajstić information content (AvgIpc) is 2.28.